The Morgan fingerprint density at radius 1 is 1.08 bits per heavy atom. The number of carbonyl (C=O) groups excluding carboxylic acids is 1. The summed E-state index contributed by atoms with van der Waals surface area (Å²) in [5.41, 5.74) is -0.319. The average molecular weight is 359 g/mol. The van der Waals surface area contributed by atoms with E-state index in [1.807, 2.05) is 0 Å². The number of alkyl halides is 2. The van der Waals surface area contributed by atoms with Crippen LogP contribution in [0.2, 0.25) is 0 Å². The predicted molar refractivity (Wildman–Crippen MR) is 85.5 cm³/mol. The van der Waals surface area contributed by atoms with E-state index in [-0.39, 0.29) is 30.5 Å². The van der Waals surface area contributed by atoms with Gasteiger partial charge in [-0.1, -0.05) is 0 Å². The SMILES string of the molecule is O=C(C1CC(F)(F)C1)N1CC2(C[C@H](OCC3CCOCC3)CCO2)C1. The number of nitrogens with zero attached hydrogens (tertiary/aromatic N) is 1. The minimum atomic E-state index is -2.65. The minimum Gasteiger partial charge on any atom is -0.381 e. The summed E-state index contributed by atoms with van der Waals surface area (Å²) in [6, 6.07) is 0. The smallest absolute Gasteiger partial charge is 0.249 e. The van der Waals surface area contributed by atoms with E-state index in [9.17, 15) is 13.6 Å². The number of halogens is 2. The van der Waals surface area contributed by atoms with Crippen molar-refractivity contribution in [3.63, 3.8) is 0 Å². The maximum absolute atomic E-state index is 13.0. The van der Waals surface area contributed by atoms with E-state index < -0.39 is 11.8 Å². The third-order valence-electron chi connectivity index (χ3n) is 6.07. The molecule has 0 bridgehead atoms. The van der Waals surface area contributed by atoms with Crippen molar-refractivity contribution in [2.24, 2.45) is 11.8 Å². The Labute approximate surface area is 147 Å². The summed E-state index contributed by atoms with van der Waals surface area (Å²) in [6.07, 6.45) is 3.36. The Morgan fingerprint density at radius 3 is 2.48 bits per heavy atom. The largest absolute Gasteiger partial charge is 0.381 e. The van der Waals surface area contributed by atoms with Crippen molar-refractivity contribution < 1.29 is 27.8 Å². The van der Waals surface area contributed by atoms with Crippen LogP contribution in [-0.2, 0) is 19.0 Å². The molecule has 142 valence electrons. The van der Waals surface area contributed by atoms with Gasteiger partial charge in [0.2, 0.25) is 11.8 Å². The molecular formula is C18H27F2NO4. The molecule has 5 nitrogen and oxygen atoms in total. The van der Waals surface area contributed by atoms with Gasteiger partial charge >= 0.3 is 0 Å². The molecule has 4 aliphatic rings. The van der Waals surface area contributed by atoms with Gasteiger partial charge in [-0.25, -0.2) is 8.78 Å². The first-order valence-electron chi connectivity index (χ1n) is 9.45. The van der Waals surface area contributed by atoms with Crippen LogP contribution in [0.4, 0.5) is 8.78 Å². The van der Waals surface area contributed by atoms with Crippen molar-refractivity contribution in [1.82, 2.24) is 4.90 Å². The molecule has 0 N–H and O–H groups in total. The summed E-state index contributed by atoms with van der Waals surface area (Å²) in [4.78, 5) is 13.9. The van der Waals surface area contributed by atoms with Crippen LogP contribution in [0.5, 0.6) is 0 Å². The molecule has 1 aliphatic carbocycles. The van der Waals surface area contributed by atoms with Gasteiger partial charge in [-0.15, -0.1) is 0 Å². The second-order valence-electron chi connectivity index (χ2n) is 8.19. The molecule has 0 aromatic heterocycles. The van der Waals surface area contributed by atoms with Gasteiger partial charge in [0.1, 0.15) is 5.60 Å². The quantitative estimate of drug-likeness (QED) is 0.772. The fourth-order valence-corrected chi connectivity index (χ4v) is 4.43. The van der Waals surface area contributed by atoms with Crippen LogP contribution in [0.3, 0.4) is 0 Å². The summed E-state index contributed by atoms with van der Waals surface area (Å²) < 4.78 is 43.3. The molecule has 1 saturated carbocycles. The van der Waals surface area contributed by atoms with E-state index in [0.717, 1.165) is 45.5 Å². The first-order chi connectivity index (χ1) is 11.9. The first kappa shape index (κ1) is 17.6. The van der Waals surface area contributed by atoms with Gasteiger partial charge in [-0.3, -0.25) is 4.79 Å². The lowest BCUT2D eigenvalue weighted by molar-refractivity contribution is -0.211. The molecule has 0 aromatic carbocycles. The molecule has 4 fully saturated rings. The number of amides is 1. The molecule has 0 aromatic rings. The number of rotatable bonds is 4. The highest BCUT2D eigenvalue weighted by atomic mass is 19.3. The van der Waals surface area contributed by atoms with Crippen LogP contribution in [0.15, 0.2) is 0 Å². The normalized spacial score (nSPS) is 32.2. The van der Waals surface area contributed by atoms with Gasteiger partial charge in [0.25, 0.3) is 0 Å². The molecule has 4 rings (SSSR count). The second kappa shape index (κ2) is 6.74. The van der Waals surface area contributed by atoms with Gasteiger partial charge in [-0.2, -0.15) is 0 Å². The highest BCUT2D eigenvalue weighted by molar-refractivity contribution is 5.81. The number of ether oxygens (including phenoxy) is 3. The van der Waals surface area contributed by atoms with Gasteiger partial charge in [-0.05, 0) is 25.2 Å². The molecule has 1 atom stereocenters. The van der Waals surface area contributed by atoms with E-state index in [1.54, 1.807) is 4.90 Å². The molecule has 3 saturated heterocycles. The van der Waals surface area contributed by atoms with Gasteiger partial charge in [0, 0.05) is 51.6 Å². The zero-order valence-corrected chi connectivity index (χ0v) is 14.6. The van der Waals surface area contributed by atoms with Crippen LogP contribution in [0, 0.1) is 11.8 Å². The van der Waals surface area contributed by atoms with Crippen LogP contribution < -0.4 is 0 Å². The molecular weight excluding hydrogens is 332 g/mol. The topological polar surface area (TPSA) is 48.0 Å². The zero-order valence-electron chi connectivity index (χ0n) is 14.6. The summed E-state index contributed by atoms with van der Waals surface area (Å²) in [7, 11) is 0. The third-order valence-corrected chi connectivity index (χ3v) is 6.07. The fraction of sp³-hybridized carbons (Fsp3) is 0.944. The lowest BCUT2D eigenvalue weighted by Gasteiger charge is -2.54. The molecule has 1 amide bonds. The molecule has 25 heavy (non-hydrogen) atoms. The summed E-state index contributed by atoms with van der Waals surface area (Å²) in [6.45, 7) is 4.09. The Kier molecular flexibility index (Phi) is 4.75. The van der Waals surface area contributed by atoms with Crippen LogP contribution in [0.25, 0.3) is 0 Å². The van der Waals surface area contributed by atoms with E-state index >= 15 is 0 Å². The van der Waals surface area contributed by atoms with E-state index in [2.05, 4.69) is 0 Å². The van der Waals surface area contributed by atoms with Crippen LogP contribution in [-0.4, -0.2) is 68.0 Å². The van der Waals surface area contributed by atoms with Crippen LogP contribution in [0.1, 0.15) is 38.5 Å². The molecule has 0 radical (unpaired) electrons. The molecule has 3 aliphatic heterocycles. The van der Waals surface area contributed by atoms with E-state index in [1.165, 1.54) is 0 Å². The number of likely N-dealkylation sites (tertiary alicyclic amines) is 1. The van der Waals surface area contributed by atoms with E-state index in [4.69, 9.17) is 14.2 Å². The Morgan fingerprint density at radius 2 is 1.80 bits per heavy atom. The summed E-state index contributed by atoms with van der Waals surface area (Å²) in [5, 5.41) is 0. The first-order valence-corrected chi connectivity index (χ1v) is 9.45. The summed E-state index contributed by atoms with van der Waals surface area (Å²) >= 11 is 0. The number of carbonyl (C=O) groups is 1. The zero-order chi connectivity index (χ0) is 17.5. The highest BCUT2D eigenvalue weighted by Gasteiger charge is 2.55. The maximum Gasteiger partial charge on any atom is 0.249 e. The molecule has 1 spiro atoms. The Hall–Kier alpha value is -0.790. The molecule has 7 heteroatoms. The van der Waals surface area contributed by atoms with Gasteiger partial charge < -0.3 is 19.1 Å². The standard InChI is InChI=1S/C18H27F2NO4/c19-18(20)7-14(8-18)16(22)21-11-17(12-21)9-15(3-6-25-17)24-10-13-1-4-23-5-2-13/h13-15H,1-12H2/t15-/m1/s1. The number of hydrogen-bond donors (Lipinski definition) is 0. The second-order valence-corrected chi connectivity index (χ2v) is 8.19. The maximum atomic E-state index is 13.0. The van der Waals surface area contributed by atoms with Crippen molar-refractivity contribution in [3.8, 4) is 0 Å². The Balaban J connectivity index is 1.21. The van der Waals surface area contributed by atoms with Crippen molar-refractivity contribution in [1.29, 1.82) is 0 Å². The monoisotopic (exact) mass is 359 g/mol. The lowest BCUT2D eigenvalue weighted by Crippen LogP contribution is -2.68. The van der Waals surface area contributed by atoms with Gasteiger partial charge in [0.05, 0.1) is 19.2 Å². The Bertz CT molecular complexity index is 495. The van der Waals surface area contributed by atoms with Gasteiger partial charge in [0.15, 0.2) is 0 Å². The highest BCUT2D eigenvalue weighted by Crippen LogP contribution is 2.45. The minimum absolute atomic E-state index is 0.134. The molecule has 3 heterocycles. The van der Waals surface area contributed by atoms with Crippen molar-refractivity contribution in [2.45, 2.75) is 56.2 Å². The molecule has 0 unspecified atom stereocenters. The van der Waals surface area contributed by atoms with Crippen molar-refractivity contribution >= 4 is 5.91 Å². The average Bonchev–Trinajstić information content (AvgIpc) is 2.56. The van der Waals surface area contributed by atoms with E-state index in [0.29, 0.717) is 25.6 Å². The van der Waals surface area contributed by atoms with Crippen molar-refractivity contribution in [3.05, 3.63) is 0 Å². The fourth-order valence-electron chi connectivity index (χ4n) is 4.43. The third kappa shape index (κ3) is 3.83. The van der Waals surface area contributed by atoms with Crippen molar-refractivity contribution in [2.75, 3.05) is 39.5 Å². The van der Waals surface area contributed by atoms with Crippen LogP contribution >= 0.6 is 0 Å². The number of hydrogen-bond acceptors (Lipinski definition) is 4. The summed E-state index contributed by atoms with van der Waals surface area (Å²) in [5.74, 6) is -2.71. The predicted octanol–water partition coefficient (Wildman–Crippen LogP) is 2.23. The lowest BCUT2D eigenvalue weighted by atomic mass is 9.77.